The molecule has 36 valence electrons. The standard InChI is InChI=1S/BH3O3.Ba.H3P.2H/c2-1(3)4;;;;/h2-4H;;1H3;;/q;+2;;2*-1. The molecule has 1 atom stereocenters. The van der Waals surface area contributed by atoms with Gasteiger partial charge in [0, 0.05) is 0 Å². The first-order valence-electron chi connectivity index (χ1n) is 0.775. The Morgan fingerprint density at radius 1 is 1.17 bits per heavy atom. The van der Waals surface area contributed by atoms with E-state index in [1.165, 1.54) is 0 Å². The molecule has 0 aromatic carbocycles. The Labute approximate surface area is 83.0 Å². The minimum absolute atomic E-state index is 0. The third-order valence-electron chi connectivity index (χ3n) is 0. The molecule has 0 rings (SSSR count). The van der Waals surface area contributed by atoms with Gasteiger partial charge in [0.15, 0.2) is 0 Å². The van der Waals surface area contributed by atoms with Crippen molar-refractivity contribution in [1.29, 1.82) is 0 Å². The first-order valence-corrected chi connectivity index (χ1v) is 0.775. The SMILES string of the molecule is OB(O)O.P.[Ba+2].[H-].[H-]. The molecular weight excluding hydrogens is 227 g/mol. The monoisotopic (exact) mass is 236 g/mol. The molecule has 1 unspecified atom stereocenters. The van der Waals surface area contributed by atoms with E-state index in [9.17, 15) is 0 Å². The first-order chi connectivity index (χ1) is 1.73. The molecule has 0 aliphatic rings. The van der Waals surface area contributed by atoms with Crippen molar-refractivity contribution in [3.05, 3.63) is 0 Å². The van der Waals surface area contributed by atoms with Gasteiger partial charge in [0.05, 0.1) is 0 Å². The summed E-state index contributed by atoms with van der Waals surface area (Å²) in [7, 11) is -2.17. The Bertz CT molecular complexity index is 22.0. The molecule has 0 bridgehead atoms. The number of rotatable bonds is 0. The zero-order valence-corrected chi connectivity index (χ0v) is 9.19. The predicted octanol–water partition coefficient (Wildman–Crippen LogP) is -2.15. The second kappa shape index (κ2) is 10.0. The molecule has 0 aromatic rings. The van der Waals surface area contributed by atoms with Crippen LogP contribution in [0.1, 0.15) is 2.85 Å². The van der Waals surface area contributed by atoms with Crippen LogP contribution in [-0.4, -0.2) is 71.3 Å². The van der Waals surface area contributed by atoms with Crippen LogP contribution in [0.2, 0.25) is 0 Å². The van der Waals surface area contributed by atoms with E-state index in [1.807, 2.05) is 0 Å². The zero-order chi connectivity index (χ0) is 3.58. The van der Waals surface area contributed by atoms with E-state index in [-0.39, 0.29) is 61.6 Å². The van der Waals surface area contributed by atoms with Gasteiger partial charge >= 0.3 is 56.2 Å². The molecule has 0 aliphatic carbocycles. The normalized spacial score (nSPS) is 4.50. The maximum absolute atomic E-state index is 7.17. The second-order valence-electron chi connectivity index (χ2n) is 0.346. The summed E-state index contributed by atoms with van der Waals surface area (Å²) in [5, 5.41) is 21.5. The van der Waals surface area contributed by atoms with Crippen molar-refractivity contribution >= 4 is 66.1 Å². The van der Waals surface area contributed by atoms with Crippen LogP contribution in [0.4, 0.5) is 0 Å². The van der Waals surface area contributed by atoms with Gasteiger partial charge in [0.1, 0.15) is 0 Å². The summed E-state index contributed by atoms with van der Waals surface area (Å²) in [6.45, 7) is 0. The topological polar surface area (TPSA) is 60.7 Å². The van der Waals surface area contributed by atoms with E-state index in [2.05, 4.69) is 0 Å². The largest absolute Gasteiger partial charge is 2.00 e. The van der Waals surface area contributed by atoms with Crippen molar-refractivity contribution in [2.24, 2.45) is 0 Å². The van der Waals surface area contributed by atoms with Crippen LogP contribution >= 0.6 is 9.90 Å². The maximum Gasteiger partial charge on any atom is 2.00 e. The summed E-state index contributed by atoms with van der Waals surface area (Å²) in [6.07, 6.45) is 0. The van der Waals surface area contributed by atoms with Crippen molar-refractivity contribution in [3.63, 3.8) is 0 Å². The molecule has 0 fully saturated rings. The van der Waals surface area contributed by atoms with Gasteiger partial charge in [-0.1, -0.05) is 0 Å². The van der Waals surface area contributed by atoms with E-state index in [4.69, 9.17) is 15.1 Å². The van der Waals surface area contributed by atoms with Crippen molar-refractivity contribution in [1.82, 2.24) is 0 Å². The third kappa shape index (κ3) is 38.4. The van der Waals surface area contributed by atoms with Gasteiger partial charge in [0.25, 0.3) is 0 Å². The molecule has 0 radical (unpaired) electrons. The Morgan fingerprint density at radius 2 is 1.17 bits per heavy atom. The van der Waals surface area contributed by atoms with Crippen LogP contribution in [0.5, 0.6) is 0 Å². The molecule has 0 amide bonds. The van der Waals surface area contributed by atoms with Gasteiger partial charge in [-0.25, -0.2) is 0 Å². The summed E-state index contributed by atoms with van der Waals surface area (Å²) in [5.74, 6) is 0. The average Bonchev–Trinajstić information content (AvgIpc) is 0.811. The summed E-state index contributed by atoms with van der Waals surface area (Å²) in [6, 6.07) is 0. The van der Waals surface area contributed by atoms with Gasteiger partial charge in [-0.3, -0.25) is 0 Å². The van der Waals surface area contributed by atoms with Crippen molar-refractivity contribution < 1.29 is 17.9 Å². The molecule has 6 heteroatoms. The van der Waals surface area contributed by atoms with Gasteiger partial charge in [0.2, 0.25) is 0 Å². The molecule has 0 spiro atoms. The van der Waals surface area contributed by atoms with Crippen molar-refractivity contribution in [2.45, 2.75) is 0 Å². The van der Waals surface area contributed by atoms with Gasteiger partial charge in [-0.05, 0) is 0 Å². The molecule has 0 aromatic heterocycles. The van der Waals surface area contributed by atoms with E-state index in [0.29, 0.717) is 0 Å². The summed E-state index contributed by atoms with van der Waals surface area (Å²) >= 11 is 0. The quantitative estimate of drug-likeness (QED) is 0.331. The molecule has 3 N–H and O–H groups in total. The van der Waals surface area contributed by atoms with E-state index in [1.54, 1.807) is 0 Å². The minimum Gasteiger partial charge on any atom is -1.00 e. The number of hydrogen-bond acceptors (Lipinski definition) is 3. The fourth-order valence-electron chi connectivity index (χ4n) is 0. The van der Waals surface area contributed by atoms with E-state index in [0.717, 1.165) is 0 Å². The molecule has 0 saturated carbocycles. The smallest absolute Gasteiger partial charge is 1.00 e. The van der Waals surface area contributed by atoms with Gasteiger partial charge in [-0.2, -0.15) is 9.90 Å². The first kappa shape index (κ1) is 15.7. The fraction of sp³-hybridized carbons (Fsp3) is 0. The van der Waals surface area contributed by atoms with Crippen LogP contribution < -0.4 is 0 Å². The molecule has 3 nitrogen and oxygen atoms in total. The van der Waals surface area contributed by atoms with Crippen LogP contribution in [-0.2, 0) is 0 Å². The van der Waals surface area contributed by atoms with Gasteiger partial charge in [-0.15, -0.1) is 0 Å². The van der Waals surface area contributed by atoms with Crippen molar-refractivity contribution in [3.8, 4) is 0 Å². The van der Waals surface area contributed by atoms with Crippen LogP contribution in [0.3, 0.4) is 0 Å². The van der Waals surface area contributed by atoms with Crippen molar-refractivity contribution in [2.75, 3.05) is 0 Å². The second-order valence-corrected chi connectivity index (χ2v) is 0.346. The van der Waals surface area contributed by atoms with E-state index >= 15 is 0 Å². The van der Waals surface area contributed by atoms with E-state index < -0.39 is 7.32 Å². The van der Waals surface area contributed by atoms with Crippen LogP contribution in [0, 0.1) is 0 Å². The molecule has 0 heterocycles. The maximum atomic E-state index is 7.17. The molecular formula is H8BBaO3P. The Morgan fingerprint density at radius 3 is 1.17 bits per heavy atom. The minimum atomic E-state index is -2.17. The summed E-state index contributed by atoms with van der Waals surface area (Å²) in [4.78, 5) is 0. The Kier molecular flexibility index (Phi) is 26.2. The third-order valence-corrected chi connectivity index (χ3v) is 0. The predicted molar refractivity (Wildman–Crippen MR) is 31.5 cm³/mol. The summed E-state index contributed by atoms with van der Waals surface area (Å²) < 4.78 is 0. The Hall–Kier alpha value is 1.95. The average molecular weight is 235 g/mol. The zero-order valence-electron chi connectivity index (χ0n) is 5.33. The van der Waals surface area contributed by atoms with Crippen LogP contribution in [0.15, 0.2) is 0 Å². The summed E-state index contributed by atoms with van der Waals surface area (Å²) in [5.41, 5.74) is 0. The molecule has 0 saturated heterocycles. The van der Waals surface area contributed by atoms with Crippen LogP contribution in [0.25, 0.3) is 0 Å². The number of hydrogen-bond donors (Lipinski definition) is 3. The van der Waals surface area contributed by atoms with Gasteiger partial charge < -0.3 is 17.9 Å². The molecule has 0 aliphatic heterocycles. The Balaban J connectivity index is -0.00000000750. The fourth-order valence-corrected chi connectivity index (χ4v) is 0. The molecule has 6 heavy (non-hydrogen) atoms.